The van der Waals surface area contributed by atoms with Crippen LogP contribution < -0.4 is 0 Å². The second kappa shape index (κ2) is 5.50. The molecule has 88 valence electrons. The number of carbonyl (C=O) groups excluding carboxylic acids is 2. The molecule has 1 rings (SSSR count). The topological polar surface area (TPSA) is 64.4 Å². The number of carbonyl (C=O) groups is 2. The minimum atomic E-state index is -0.567. The minimum Gasteiger partial charge on any atom is -0.342 e. The maximum Gasteiger partial charge on any atom is 0.240 e. The van der Waals surface area contributed by atoms with E-state index in [1.54, 1.807) is 9.80 Å². The van der Waals surface area contributed by atoms with Crippen molar-refractivity contribution in [1.82, 2.24) is 9.80 Å². The monoisotopic (exact) mass is 223 g/mol. The van der Waals surface area contributed by atoms with Crippen LogP contribution in [0.3, 0.4) is 0 Å². The summed E-state index contributed by atoms with van der Waals surface area (Å²) in [6.45, 7) is 5.92. The van der Waals surface area contributed by atoms with Crippen molar-refractivity contribution in [3.63, 3.8) is 0 Å². The van der Waals surface area contributed by atoms with E-state index in [1.165, 1.54) is 0 Å². The lowest BCUT2D eigenvalue weighted by atomic mass is 9.96. The van der Waals surface area contributed by atoms with Gasteiger partial charge in [-0.15, -0.1) is 0 Å². The molecule has 0 N–H and O–H groups in total. The largest absolute Gasteiger partial charge is 0.342 e. The van der Waals surface area contributed by atoms with Gasteiger partial charge in [-0.25, -0.2) is 0 Å². The van der Waals surface area contributed by atoms with Gasteiger partial charge in [0, 0.05) is 26.2 Å². The SMILES string of the molecule is CC(C)C(C#N)C(=O)N1CCN(C=O)CC1. The highest BCUT2D eigenvalue weighted by molar-refractivity contribution is 5.81. The van der Waals surface area contributed by atoms with Gasteiger partial charge in [0.1, 0.15) is 5.92 Å². The molecule has 2 amide bonds. The van der Waals surface area contributed by atoms with Gasteiger partial charge >= 0.3 is 0 Å². The third kappa shape index (κ3) is 2.72. The molecule has 1 saturated heterocycles. The Morgan fingerprint density at radius 2 is 1.88 bits per heavy atom. The highest BCUT2D eigenvalue weighted by Crippen LogP contribution is 2.14. The molecule has 1 aliphatic rings. The standard InChI is InChI=1S/C11H17N3O2/c1-9(2)10(7-12)11(16)14-5-3-13(8-15)4-6-14/h8-10H,3-6H2,1-2H3. The summed E-state index contributed by atoms with van der Waals surface area (Å²) in [5, 5.41) is 8.93. The Labute approximate surface area is 95.6 Å². The molecule has 5 heteroatoms. The lowest BCUT2D eigenvalue weighted by Gasteiger charge is -2.34. The molecule has 16 heavy (non-hydrogen) atoms. The molecule has 0 spiro atoms. The Hall–Kier alpha value is -1.57. The van der Waals surface area contributed by atoms with Crippen LogP contribution >= 0.6 is 0 Å². The number of rotatable bonds is 3. The van der Waals surface area contributed by atoms with Crippen molar-refractivity contribution in [1.29, 1.82) is 5.26 Å². The van der Waals surface area contributed by atoms with Crippen molar-refractivity contribution in [3.8, 4) is 6.07 Å². The molecule has 1 atom stereocenters. The molecule has 0 aromatic rings. The fourth-order valence-corrected chi connectivity index (χ4v) is 1.73. The zero-order valence-corrected chi connectivity index (χ0v) is 9.72. The maximum atomic E-state index is 12.0. The summed E-state index contributed by atoms with van der Waals surface area (Å²) in [6, 6.07) is 2.05. The summed E-state index contributed by atoms with van der Waals surface area (Å²) in [5.74, 6) is -0.646. The third-order valence-electron chi connectivity index (χ3n) is 2.85. The van der Waals surface area contributed by atoms with Crippen LogP contribution in [-0.4, -0.2) is 48.3 Å². The maximum absolute atomic E-state index is 12.0. The van der Waals surface area contributed by atoms with E-state index in [0.717, 1.165) is 6.41 Å². The minimum absolute atomic E-state index is 0.0293. The number of piperazine rings is 1. The number of nitriles is 1. The van der Waals surface area contributed by atoms with Gasteiger partial charge in [-0.05, 0) is 5.92 Å². The van der Waals surface area contributed by atoms with E-state index in [4.69, 9.17) is 5.26 Å². The number of hydrogen-bond donors (Lipinski definition) is 0. The molecule has 1 unspecified atom stereocenters. The van der Waals surface area contributed by atoms with E-state index in [1.807, 2.05) is 19.9 Å². The Bertz CT molecular complexity index is 301. The van der Waals surface area contributed by atoms with Gasteiger partial charge in [0.15, 0.2) is 0 Å². The van der Waals surface area contributed by atoms with Gasteiger partial charge in [-0.3, -0.25) is 9.59 Å². The smallest absolute Gasteiger partial charge is 0.240 e. The molecule has 1 heterocycles. The first-order valence-electron chi connectivity index (χ1n) is 5.48. The predicted octanol–water partition coefficient (Wildman–Crippen LogP) is 0.0828. The number of amides is 2. The fourth-order valence-electron chi connectivity index (χ4n) is 1.73. The summed E-state index contributed by atoms with van der Waals surface area (Å²) >= 11 is 0. The molecule has 5 nitrogen and oxygen atoms in total. The van der Waals surface area contributed by atoms with Crippen LogP contribution in [0, 0.1) is 23.2 Å². The van der Waals surface area contributed by atoms with E-state index in [-0.39, 0.29) is 11.8 Å². The molecule has 0 aromatic carbocycles. The fraction of sp³-hybridized carbons (Fsp3) is 0.727. The molecular formula is C11H17N3O2. The molecule has 1 aliphatic heterocycles. The molecule has 0 radical (unpaired) electrons. The van der Waals surface area contributed by atoms with Crippen molar-refractivity contribution < 1.29 is 9.59 Å². The van der Waals surface area contributed by atoms with Gasteiger partial charge in [0.2, 0.25) is 12.3 Å². The molecule has 0 aromatic heterocycles. The summed E-state index contributed by atoms with van der Waals surface area (Å²) in [4.78, 5) is 25.8. The lowest BCUT2D eigenvalue weighted by molar-refractivity contribution is -0.138. The van der Waals surface area contributed by atoms with E-state index < -0.39 is 5.92 Å². The van der Waals surface area contributed by atoms with Crippen molar-refractivity contribution in [2.24, 2.45) is 11.8 Å². The van der Waals surface area contributed by atoms with Gasteiger partial charge in [-0.2, -0.15) is 5.26 Å². The Morgan fingerprint density at radius 3 is 2.25 bits per heavy atom. The average Bonchev–Trinajstić information content (AvgIpc) is 2.29. The highest BCUT2D eigenvalue weighted by atomic mass is 16.2. The van der Waals surface area contributed by atoms with Crippen molar-refractivity contribution in [2.75, 3.05) is 26.2 Å². The zero-order valence-electron chi connectivity index (χ0n) is 9.72. The Morgan fingerprint density at radius 1 is 1.31 bits per heavy atom. The summed E-state index contributed by atoms with van der Waals surface area (Å²) in [5.41, 5.74) is 0. The van der Waals surface area contributed by atoms with Crippen molar-refractivity contribution in [2.45, 2.75) is 13.8 Å². The van der Waals surface area contributed by atoms with E-state index >= 15 is 0 Å². The second-order valence-electron chi connectivity index (χ2n) is 4.32. The van der Waals surface area contributed by atoms with Crippen LogP contribution in [-0.2, 0) is 9.59 Å². The number of hydrogen-bond acceptors (Lipinski definition) is 3. The molecule has 0 aliphatic carbocycles. The van der Waals surface area contributed by atoms with Crippen LogP contribution in [0.4, 0.5) is 0 Å². The van der Waals surface area contributed by atoms with Gasteiger partial charge in [0.25, 0.3) is 0 Å². The summed E-state index contributed by atoms with van der Waals surface area (Å²) < 4.78 is 0. The van der Waals surface area contributed by atoms with Crippen LogP contribution in [0.15, 0.2) is 0 Å². The summed E-state index contributed by atoms with van der Waals surface area (Å²) in [6.07, 6.45) is 0.798. The summed E-state index contributed by atoms with van der Waals surface area (Å²) in [7, 11) is 0. The Kier molecular flexibility index (Phi) is 4.29. The van der Waals surface area contributed by atoms with Crippen LogP contribution in [0.1, 0.15) is 13.8 Å². The van der Waals surface area contributed by atoms with Crippen LogP contribution in [0.2, 0.25) is 0 Å². The molecule has 1 fully saturated rings. The van der Waals surface area contributed by atoms with Crippen LogP contribution in [0.25, 0.3) is 0 Å². The van der Waals surface area contributed by atoms with Gasteiger partial charge < -0.3 is 9.80 Å². The lowest BCUT2D eigenvalue weighted by Crippen LogP contribution is -2.50. The first kappa shape index (κ1) is 12.5. The third-order valence-corrected chi connectivity index (χ3v) is 2.85. The highest BCUT2D eigenvalue weighted by Gasteiger charge is 2.28. The van der Waals surface area contributed by atoms with Crippen molar-refractivity contribution in [3.05, 3.63) is 0 Å². The van der Waals surface area contributed by atoms with Gasteiger partial charge in [-0.1, -0.05) is 13.8 Å². The van der Waals surface area contributed by atoms with Gasteiger partial charge in [0.05, 0.1) is 6.07 Å². The molecule has 0 bridgehead atoms. The normalized spacial score (nSPS) is 18.1. The first-order chi connectivity index (χ1) is 7.60. The van der Waals surface area contributed by atoms with E-state index in [0.29, 0.717) is 26.2 Å². The average molecular weight is 223 g/mol. The quantitative estimate of drug-likeness (QED) is 0.637. The zero-order chi connectivity index (χ0) is 12.1. The number of nitrogens with zero attached hydrogens (tertiary/aromatic N) is 3. The van der Waals surface area contributed by atoms with Crippen molar-refractivity contribution >= 4 is 12.3 Å². The second-order valence-corrected chi connectivity index (χ2v) is 4.32. The van der Waals surface area contributed by atoms with E-state index in [9.17, 15) is 9.59 Å². The van der Waals surface area contributed by atoms with E-state index in [2.05, 4.69) is 0 Å². The predicted molar refractivity (Wildman–Crippen MR) is 58.2 cm³/mol. The Balaban J connectivity index is 2.56. The molecule has 0 saturated carbocycles. The molecular weight excluding hydrogens is 206 g/mol. The van der Waals surface area contributed by atoms with Crippen LogP contribution in [0.5, 0.6) is 0 Å². The first-order valence-corrected chi connectivity index (χ1v) is 5.48.